The first-order valence-corrected chi connectivity index (χ1v) is 7.78. The minimum absolute atomic E-state index is 0.103. The van der Waals surface area contributed by atoms with Crippen molar-refractivity contribution in [2.75, 3.05) is 23.4 Å². The number of fused-ring (bicyclic) bond motifs is 1. The number of rotatable bonds is 3. The Labute approximate surface area is 141 Å². The summed E-state index contributed by atoms with van der Waals surface area (Å²) in [4.78, 5) is 29.9. The molecule has 0 aliphatic carbocycles. The molecule has 0 saturated carbocycles. The van der Waals surface area contributed by atoms with E-state index in [2.05, 4.69) is 26.2 Å². The van der Waals surface area contributed by atoms with Crippen LogP contribution in [0.1, 0.15) is 5.56 Å². The lowest BCUT2D eigenvalue weighted by Crippen LogP contribution is -2.44. The van der Waals surface area contributed by atoms with E-state index in [1.165, 1.54) is 4.90 Å². The van der Waals surface area contributed by atoms with Gasteiger partial charge in [0.25, 0.3) is 5.91 Å². The van der Waals surface area contributed by atoms with E-state index in [1.54, 1.807) is 18.2 Å². The molecule has 0 saturated heterocycles. The van der Waals surface area contributed by atoms with Crippen molar-refractivity contribution < 1.29 is 14.3 Å². The molecule has 3 rings (SSSR count). The van der Waals surface area contributed by atoms with Gasteiger partial charge in [0.05, 0.1) is 0 Å². The normalized spacial score (nSPS) is 13.3. The maximum atomic E-state index is 12.2. The summed E-state index contributed by atoms with van der Waals surface area (Å²) in [5, 5.41) is 2.78. The van der Waals surface area contributed by atoms with E-state index in [1.807, 2.05) is 25.1 Å². The van der Waals surface area contributed by atoms with Gasteiger partial charge in [0.15, 0.2) is 18.2 Å². The topological polar surface area (TPSA) is 71.5 Å². The molecule has 23 heavy (non-hydrogen) atoms. The van der Waals surface area contributed by atoms with Gasteiger partial charge < -0.3 is 10.1 Å². The molecule has 2 amide bonds. The lowest BCUT2D eigenvalue weighted by molar-refractivity contribution is -0.123. The van der Waals surface area contributed by atoms with Crippen LogP contribution in [0.4, 0.5) is 11.5 Å². The summed E-state index contributed by atoms with van der Waals surface area (Å²) in [7, 11) is 0. The molecule has 7 heteroatoms. The molecule has 1 N–H and O–H groups in total. The molecule has 1 aliphatic heterocycles. The van der Waals surface area contributed by atoms with Crippen molar-refractivity contribution in [3.63, 3.8) is 0 Å². The first-order chi connectivity index (χ1) is 11.0. The van der Waals surface area contributed by atoms with Crippen molar-refractivity contribution >= 4 is 39.2 Å². The van der Waals surface area contributed by atoms with Crippen LogP contribution >= 0.6 is 15.9 Å². The lowest BCUT2D eigenvalue weighted by atomic mass is 10.2. The van der Waals surface area contributed by atoms with Crippen LogP contribution in [-0.4, -0.2) is 29.9 Å². The Hall–Kier alpha value is -2.41. The summed E-state index contributed by atoms with van der Waals surface area (Å²) in [6.45, 7) is 1.72. The SMILES string of the molecule is Cc1cccc(NC(=O)CN2C(=O)COc3ccc(Br)nc32)c1. The van der Waals surface area contributed by atoms with E-state index in [-0.39, 0.29) is 25.0 Å². The van der Waals surface area contributed by atoms with Gasteiger partial charge in [-0.1, -0.05) is 12.1 Å². The third-order valence-corrected chi connectivity index (χ3v) is 3.76. The number of hydrogen-bond acceptors (Lipinski definition) is 4. The number of benzene rings is 1. The van der Waals surface area contributed by atoms with Crippen molar-refractivity contribution in [1.82, 2.24) is 4.98 Å². The Morgan fingerprint density at radius 2 is 2.22 bits per heavy atom. The summed E-state index contributed by atoms with van der Waals surface area (Å²) in [6.07, 6.45) is 0. The van der Waals surface area contributed by atoms with Crippen LogP contribution in [-0.2, 0) is 9.59 Å². The Morgan fingerprint density at radius 1 is 1.39 bits per heavy atom. The van der Waals surface area contributed by atoms with Crippen molar-refractivity contribution in [2.45, 2.75) is 6.92 Å². The molecule has 0 fully saturated rings. The van der Waals surface area contributed by atoms with Crippen molar-refractivity contribution in [3.8, 4) is 5.75 Å². The second-order valence-corrected chi connectivity index (χ2v) is 5.95. The minimum atomic E-state index is -0.303. The number of anilines is 2. The number of nitrogens with one attached hydrogen (secondary N) is 1. The molecule has 1 aromatic heterocycles. The van der Waals surface area contributed by atoms with Gasteiger partial charge in [0, 0.05) is 5.69 Å². The van der Waals surface area contributed by atoms with E-state index < -0.39 is 0 Å². The van der Waals surface area contributed by atoms with E-state index >= 15 is 0 Å². The largest absolute Gasteiger partial charge is 0.480 e. The molecule has 0 spiro atoms. The average Bonchev–Trinajstić information content (AvgIpc) is 2.50. The van der Waals surface area contributed by atoms with Crippen molar-refractivity contribution in [3.05, 3.63) is 46.6 Å². The zero-order valence-corrected chi connectivity index (χ0v) is 14.0. The van der Waals surface area contributed by atoms with Crippen LogP contribution in [0, 0.1) is 6.92 Å². The fourth-order valence-electron chi connectivity index (χ4n) is 2.28. The van der Waals surface area contributed by atoms with Crippen molar-refractivity contribution in [1.29, 1.82) is 0 Å². The van der Waals surface area contributed by atoms with Crippen LogP contribution in [0.15, 0.2) is 41.0 Å². The maximum absolute atomic E-state index is 12.2. The lowest BCUT2D eigenvalue weighted by Gasteiger charge is -2.27. The van der Waals surface area contributed by atoms with Gasteiger partial charge in [-0.3, -0.25) is 14.5 Å². The quantitative estimate of drug-likeness (QED) is 0.836. The number of ether oxygens (including phenoxy) is 1. The third-order valence-electron chi connectivity index (χ3n) is 3.32. The number of hydrogen-bond donors (Lipinski definition) is 1. The Balaban J connectivity index is 1.78. The van der Waals surface area contributed by atoms with Crippen LogP contribution in [0.5, 0.6) is 5.75 Å². The van der Waals surface area contributed by atoms with E-state index in [0.29, 0.717) is 21.9 Å². The zero-order valence-electron chi connectivity index (χ0n) is 12.4. The van der Waals surface area contributed by atoms with Crippen molar-refractivity contribution in [2.24, 2.45) is 0 Å². The highest BCUT2D eigenvalue weighted by Crippen LogP contribution is 2.31. The summed E-state index contributed by atoms with van der Waals surface area (Å²) < 4.78 is 5.90. The van der Waals surface area contributed by atoms with Gasteiger partial charge in [-0.2, -0.15) is 0 Å². The molecular weight excluding hydrogens is 362 g/mol. The number of amides is 2. The molecule has 1 aliphatic rings. The molecular formula is C16H14BrN3O3. The molecule has 0 bridgehead atoms. The molecule has 6 nitrogen and oxygen atoms in total. The number of aromatic nitrogens is 1. The molecule has 0 atom stereocenters. The first kappa shape index (κ1) is 15.5. The second kappa shape index (κ2) is 6.37. The Morgan fingerprint density at radius 3 is 3.00 bits per heavy atom. The van der Waals surface area contributed by atoms with Gasteiger partial charge in [0.2, 0.25) is 5.91 Å². The molecule has 118 valence electrons. The third kappa shape index (κ3) is 3.50. The number of nitrogens with zero attached hydrogens (tertiary/aromatic N) is 2. The Bertz CT molecular complexity index is 779. The first-order valence-electron chi connectivity index (χ1n) is 6.99. The predicted octanol–water partition coefficient (Wildman–Crippen LogP) is 2.52. The van der Waals surface area contributed by atoms with Crippen LogP contribution < -0.4 is 15.0 Å². The number of aryl methyl sites for hydroxylation is 1. The number of carbonyl (C=O) groups is 2. The minimum Gasteiger partial charge on any atom is -0.480 e. The highest BCUT2D eigenvalue weighted by Gasteiger charge is 2.28. The summed E-state index contributed by atoms with van der Waals surface area (Å²) in [5.74, 6) is 0.229. The predicted molar refractivity (Wildman–Crippen MR) is 89.6 cm³/mol. The number of carbonyl (C=O) groups excluding carboxylic acids is 2. The highest BCUT2D eigenvalue weighted by atomic mass is 79.9. The fraction of sp³-hybridized carbons (Fsp3) is 0.188. The molecule has 0 unspecified atom stereocenters. The standard InChI is InChI=1S/C16H14BrN3O3/c1-10-3-2-4-11(7-10)18-14(21)8-20-15(22)9-23-12-5-6-13(17)19-16(12)20/h2-7H,8-9H2,1H3,(H,18,21). The Kier molecular flexibility index (Phi) is 4.29. The average molecular weight is 376 g/mol. The van der Waals surface area contributed by atoms with Gasteiger partial charge in [0.1, 0.15) is 11.1 Å². The maximum Gasteiger partial charge on any atom is 0.266 e. The van der Waals surface area contributed by atoms with Gasteiger partial charge in [-0.05, 0) is 52.7 Å². The summed E-state index contributed by atoms with van der Waals surface area (Å²) in [6, 6.07) is 10.9. The molecule has 2 aromatic rings. The van der Waals surface area contributed by atoms with Crippen LogP contribution in [0.25, 0.3) is 0 Å². The molecule has 1 aromatic carbocycles. The smallest absolute Gasteiger partial charge is 0.266 e. The van der Waals surface area contributed by atoms with Gasteiger partial charge in [-0.25, -0.2) is 4.98 Å². The zero-order chi connectivity index (χ0) is 16.4. The molecule has 0 radical (unpaired) electrons. The number of halogens is 1. The highest BCUT2D eigenvalue weighted by molar-refractivity contribution is 9.10. The summed E-state index contributed by atoms with van der Waals surface area (Å²) in [5.41, 5.74) is 1.74. The number of pyridine rings is 1. The van der Waals surface area contributed by atoms with E-state index in [9.17, 15) is 9.59 Å². The monoisotopic (exact) mass is 375 g/mol. The van der Waals surface area contributed by atoms with Crippen LogP contribution in [0.3, 0.4) is 0 Å². The van der Waals surface area contributed by atoms with E-state index in [4.69, 9.17) is 4.74 Å². The fourth-order valence-corrected chi connectivity index (χ4v) is 2.58. The summed E-state index contributed by atoms with van der Waals surface area (Å²) >= 11 is 3.26. The van der Waals surface area contributed by atoms with Gasteiger partial charge in [-0.15, -0.1) is 0 Å². The van der Waals surface area contributed by atoms with E-state index in [0.717, 1.165) is 5.56 Å². The second-order valence-electron chi connectivity index (χ2n) is 5.14. The van der Waals surface area contributed by atoms with Crippen LogP contribution in [0.2, 0.25) is 0 Å². The molecule has 2 heterocycles. The van der Waals surface area contributed by atoms with Gasteiger partial charge >= 0.3 is 0 Å².